The van der Waals surface area contributed by atoms with Gasteiger partial charge >= 0.3 is 0 Å². The highest BCUT2D eigenvalue weighted by atomic mass is 32.2. The van der Waals surface area contributed by atoms with Gasteiger partial charge in [-0.3, -0.25) is 0 Å². The van der Waals surface area contributed by atoms with Crippen LogP contribution in [0, 0.1) is 5.41 Å². The van der Waals surface area contributed by atoms with Crippen LogP contribution in [0.4, 0.5) is 0 Å². The molecule has 0 amide bonds. The molecule has 6 heteroatoms. The molecule has 5 nitrogen and oxygen atoms in total. The zero-order valence-corrected chi connectivity index (χ0v) is 13.4. The maximum atomic E-state index is 12.3. The minimum absolute atomic E-state index is 0.220. The van der Waals surface area contributed by atoms with Crippen molar-refractivity contribution >= 4 is 10.2 Å². The first-order chi connectivity index (χ1) is 7.93. The van der Waals surface area contributed by atoms with E-state index in [2.05, 4.69) is 4.72 Å². The summed E-state index contributed by atoms with van der Waals surface area (Å²) in [5.41, 5.74) is 4.98. The fourth-order valence-electron chi connectivity index (χ4n) is 1.53. The molecule has 3 N–H and O–H groups in total. The molecule has 0 aromatic carbocycles. The van der Waals surface area contributed by atoms with Crippen LogP contribution in [0.25, 0.3) is 0 Å². The normalized spacial score (nSPS) is 14.2. The lowest BCUT2D eigenvalue weighted by molar-refractivity contribution is 0.261. The largest absolute Gasteiger partial charge is 0.330 e. The minimum atomic E-state index is -3.46. The van der Waals surface area contributed by atoms with E-state index in [1.165, 1.54) is 4.31 Å². The van der Waals surface area contributed by atoms with Crippen molar-refractivity contribution in [3.05, 3.63) is 0 Å². The predicted octanol–water partition coefficient (Wildman–Crippen LogP) is 1.32. The van der Waals surface area contributed by atoms with E-state index in [9.17, 15) is 8.42 Å². The van der Waals surface area contributed by atoms with Crippen molar-refractivity contribution in [2.45, 2.75) is 53.5 Å². The molecule has 0 spiro atoms. The molecule has 110 valence electrons. The number of hydrogen-bond acceptors (Lipinski definition) is 3. The van der Waals surface area contributed by atoms with Crippen molar-refractivity contribution in [3.8, 4) is 0 Å². The van der Waals surface area contributed by atoms with Gasteiger partial charge in [-0.2, -0.15) is 17.4 Å². The Balaban J connectivity index is 5.00. The van der Waals surface area contributed by atoms with Gasteiger partial charge in [-0.05, 0) is 39.2 Å². The van der Waals surface area contributed by atoms with Gasteiger partial charge in [-0.25, -0.2) is 0 Å². The molecular weight excluding hydrogens is 250 g/mol. The van der Waals surface area contributed by atoms with E-state index in [4.69, 9.17) is 5.73 Å². The van der Waals surface area contributed by atoms with Crippen molar-refractivity contribution in [3.63, 3.8) is 0 Å². The lowest BCUT2D eigenvalue weighted by Crippen LogP contribution is -2.52. The molecule has 0 rings (SSSR count). The molecule has 18 heavy (non-hydrogen) atoms. The van der Waals surface area contributed by atoms with Gasteiger partial charge < -0.3 is 5.73 Å². The van der Waals surface area contributed by atoms with Gasteiger partial charge in [-0.1, -0.05) is 20.8 Å². The summed E-state index contributed by atoms with van der Waals surface area (Å²) in [5, 5.41) is 0. The van der Waals surface area contributed by atoms with Crippen molar-refractivity contribution in [1.29, 1.82) is 0 Å². The van der Waals surface area contributed by atoms with Crippen molar-refractivity contribution in [2.24, 2.45) is 11.1 Å². The molecule has 0 radical (unpaired) electrons. The summed E-state index contributed by atoms with van der Waals surface area (Å²) in [7, 11) is -3.46. The molecule has 0 heterocycles. The third-order valence-corrected chi connectivity index (χ3v) is 4.27. The van der Waals surface area contributed by atoms with E-state index >= 15 is 0 Å². The fraction of sp³-hybridized carbons (Fsp3) is 1.00. The molecule has 0 bridgehead atoms. The molecule has 0 aliphatic rings. The molecule has 0 fully saturated rings. The van der Waals surface area contributed by atoms with Crippen LogP contribution in [0.2, 0.25) is 0 Å². The van der Waals surface area contributed by atoms with Crippen LogP contribution in [0.1, 0.15) is 48.0 Å². The number of nitrogens with zero attached hydrogens (tertiary/aromatic N) is 1. The van der Waals surface area contributed by atoms with E-state index in [1.807, 2.05) is 41.5 Å². The zero-order chi connectivity index (χ0) is 14.6. The minimum Gasteiger partial charge on any atom is -0.330 e. The monoisotopic (exact) mass is 279 g/mol. The maximum absolute atomic E-state index is 12.3. The SMILES string of the molecule is CCCN(CC(C)(C)CN)S(=O)(=O)NC(C)(C)C. The Bertz CT molecular complexity index is 345. The average molecular weight is 279 g/mol. The van der Waals surface area contributed by atoms with Gasteiger partial charge in [0.1, 0.15) is 0 Å². The molecule has 0 aliphatic carbocycles. The maximum Gasteiger partial charge on any atom is 0.279 e. The average Bonchev–Trinajstić information content (AvgIpc) is 2.13. The van der Waals surface area contributed by atoms with Crippen LogP contribution in [0.3, 0.4) is 0 Å². The first-order valence-electron chi connectivity index (χ1n) is 6.42. The number of nitrogens with one attached hydrogen (secondary N) is 1. The zero-order valence-electron chi connectivity index (χ0n) is 12.6. The second-order valence-corrected chi connectivity index (χ2v) is 8.23. The van der Waals surface area contributed by atoms with Gasteiger partial charge in [0.25, 0.3) is 10.2 Å². The number of nitrogens with two attached hydrogens (primary N) is 1. The molecule has 0 aliphatic heterocycles. The third kappa shape index (κ3) is 6.68. The van der Waals surface area contributed by atoms with Gasteiger partial charge in [-0.15, -0.1) is 0 Å². The summed E-state index contributed by atoms with van der Waals surface area (Å²) in [4.78, 5) is 0. The summed E-state index contributed by atoms with van der Waals surface area (Å²) in [6.45, 7) is 12.8. The van der Waals surface area contributed by atoms with Crippen LogP contribution in [-0.4, -0.2) is 37.9 Å². The van der Waals surface area contributed by atoms with Crippen molar-refractivity contribution < 1.29 is 8.42 Å². The Kier molecular flexibility index (Phi) is 6.26. The molecule has 0 unspecified atom stereocenters. The Morgan fingerprint density at radius 2 is 1.67 bits per heavy atom. The topological polar surface area (TPSA) is 75.4 Å². The molecule has 0 aromatic heterocycles. The second kappa shape index (κ2) is 6.32. The Hall–Kier alpha value is -0.170. The first-order valence-corrected chi connectivity index (χ1v) is 7.87. The quantitative estimate of drug-likeness (QED) is 0.738. The summed E-state index contributed by atoms with van der Waals surface area (Å²) in [5.74, 6) is 0. The highest BCUT2D eigenvalue weighted by Crippen LogP contribution is 2.18. The van der Waals surface area contributed by atoms with E-state index in [1.54, 1.807) is 0 Å². The first kappa shape index (κ1) is 17.8. The summed E-state index contributed by atoms with van der Waals surface area (Å²) in [6.07, 6.45) is 0.783. The van der Waals surface area contributed by atoms with E-state index < -0.39 is 15.7 Å². The summed E-state index contributed by atoms with van der Waals surface area (Å²) in [6, 6.07) is 0. The third-order valence-electron chi connectivity index (χ3n) is 2.41. The van der Waals surface area contributed by atoms with Gasteiger partial charge in [0.05, 0.1) is 0 Å². The van der Waals surface area contributed by atoms with Gasteiger partial charge in [0.2, 0.25) is 0 Å². The highest BCUT2D eigenvalue weighted by Gasteiger charge is 2.30. The molecule has 0 saturated heterocycles. The second-order valence-electron chi connectivity index (χ2n) is 6.56. The lowest BCUT2D eigenvalue weighted by Gasteiger charge is -2.33. The van der Waals surface area contributed by atoms with E-state index in [0.29, 0.717) is 19.6 Å². The molecule has 0 aromatic rings. The summed E-state index contributed by atoms with van der Waals surface area (Å²) >= 11 is 0. The Labute approximate surface area is 112 Å². The number of rotatable bonds is 7. The molecule has 0 saturated carbocycles. The van der Waals surface area contributed by atoms with Crippen LogP contribution in [0.15, 0.2) is 0 Å². The van der Waals surface area contributed by atoms with Crippen LogP contribution in [0.5, 0.6) is 0 Å². The fourth-order valence-corrected chi connectivity index (χ4v) is 3.37. The van der Waals surface area contributed by atoms with Crippen molar-refractivity contribution in [2.75, 3.05) is 19.6 Å². The Morgan fingerprint density at radius 3 is 2.00 bits per heavy atom. The Morgan fingerprint density at radius 1 is 1.17 bits per heavy atom. The standard InChI is InChI=1S/C12H29N3O2S/c1-7-8-15(10-12(5,6)9-13)18(16,17)14-11(2,3)4/h14H,7-10,13H2,1-6H3. The van der Waals surface area contributed by atoms with Crippen LogP contribution < -0.4 is 10.5 Å². The van der Waals surface area contributed by atoms with Gasteiger partial charge in [0.15, 0.2) is 0 Å². The highest BCUT2D eigenvalue weighted by molar-refractivity contribution is 7.87. The lowest BCUT2D eigenvalue weighted by atomic mass is 9.94. The van der Waals surface area contributed by atoms with Crippen LogP contribution >= 0.6 is 0 Å². The molecule has 0 atom stereocenters. The van der Waals surface area contributed by atoms with Crippen molar-refractivity contribution in [1.82, 2.24) is 9.03 Å². The number of hydrogen-bond donors (Lipinski definition) is 2. The summed E-state index contributed by atoms with van der Waals surface area (Å²) < 4.78 is 28.8. The van der Waals surface area contributed by atoms with Crippen LogP contribution in [-0.2, 0) is 10.2 Å². The molecular formula is C12H29N3O2S. The van der Waals surface area contributed by atoms with E-state index in [0.717, 1.165) is 6.42 Å². The van der Waals surface area contributed by atoms with E-state index in [-0.39, 0.29) is 5.41 Å². The van der Waals surface area contributed by atoms with Gasteiger partial charge in [0, 0.05) is 18.6 Å². The predicted molar refractivity (Wildman–Crippen MR) is 76.5 cm³/mol. The smallest absolute Gasteiger partial charge is 0.279 e.